The summed E-state index contributed by atoms with van der Waals surface area (Å²) in [7, 11) is 0. The van der Waals surface area contributed by atoms with Crippen LogP contribution in [0.5, 0.6) is 5.75 Å². The predicted octanol–water partition coefficient (Wildman–Crippen LogP) is 3.59. The van der Waals surface area contributed by atoms with Gasteiger partial charge in [0.05, 0.1) is 11.0 Å². The van der Waals surface area contributed by atoms with Crippen molar-refractivity contribution in [2.75, 3.05) is 0 Å². The van der Waals surface area contributed by atoms with E-state index in [0.717, 1.165) is 5.56 Å². The zero-order chi connectivity index (χ0) is 13.3. The molecule has 8 heteroatoms. The Morgan fingerprint density at radius 1 is 1.47 bits per heavy atom. The van der Waals surface area contributed by atoms with Gasteiger partial charge in [-0.25, -0.2) is 0 Å². The number of nitrogens with two attached hydrogens (primary N) is 1. The van der Waals surface area contributed by atoms with Crippen LogP contribution in [0.2, 0.25) is 0 Å². The fourth-order valence-electron chi connectivity index (χ4n) is 1.61. The van der Waals surface area contributed by atoms with Gasteiger partial charge in [0.15, 0.2) is 5.75 Å². The summed E-state index contributed by atoms with van der Waals surface area (Å²) in [6.45, 7) is 0. The van der Waals surface area contributed by atoms with E-state index in [4.69, 9.17) is 5.73 Å². The minimum atomic E-state index is -0.635. The van der Waals surface area contributed by atoms with Crippen LogP contribution >= 0.6 is 39.7 Å². The molecule has 0 saturated heterocycles. The molecule has 1 atom stereocenters. The maximum absolute atomic E-state index is 10.8. The maximum Gasteiger partial charge on any atom is 0.312 e. The van der Waals surface area contributed by atoms with E-state index in [-0.39, 0.29) is 23.8 Å². The molecule has 0 unspecified atom stereocenters. The van der Waals surface area contributed by atoms with Crippen molar-refractivity contribution in [2.24, 2.45) is 5.73 Å². The van der Waals surface area contributed by atoms with E-state index in [1.165, 1.54) is 17.4 Å². The molecule has 19 heavy (non-hydrogen) atoms. The van der Waals surface area contributed by atoms with Crippen molar-refractivity contribution in [3.05, 3.63) is 54.7 Å². The number of rotatable bonds is 3. The molecule has 3 N–H and O–H groups in total. The lowest BCUT2D eigenvalue weighted by Crippen LogP contribution is -2.11. The van der Waals surface area contributed by atoms with E-state index >= 15 is 0 Å². The second kappa shape index (κ2) is 6.33. The first kappa shape index (κ1) is 15.9. The molecule has 0 fully saturated rings. The highest BCUT2D eigenvalue weighted by atomic mass is 79.9. The Morgan fingerprint density at radius 3 is 2.68 bits per heavy atom. The van der Waals surface area contributed by atoms with Crippen molar-refractivity contribution >= 4 is 45.4 Å². The van der Waals surface area contributed by atoms with Crippen LogP contribution in [0, 0.1) is 10.1 Å². The van der Waals surface area contributed by atoms with Gasteiger partial charge in [-0.3, -0.25) is 10.1 Å². The van der Waals surface area contributed by atoms with Gasteiger partial charge in [-0.05, 0) is 28.5 Å². The third-order valence-corrected chi connectivity index (χ3v) is 3.68. The Bertz CT molecular complexity index is 592. The number of aromatic hydroxyl groups is 1. The van der Waals surface area contributed by atoms with Crippen molar-refractivity contribution in [2.45, 2.75) is 6.04 Å². The number of hydrogen-bond donors (Lipinski definition) is 2. The first-order valence-corrected chi connectivity index (χ1v) is 6.68. The molecule has 2 rings (SSSR count). The van der Waals surface area contributed by atoms with E-state index in [2.05, 4.69) is 15.9 Å². The molecule has 0 bridgehead atoms. The lowest BCUT2D eigenvalue weighted by molar-refractivity contribution is -0.386. The molecule has 1 heterocycles. The third kappa shape index (κ3) is 3.24. The summed E-state index contributed by atoms with van der Waals surface area (Å²) in [5.74, 6) is -0.387. The number of benzene rings is 1. The van der Waals surface area contributed by atoms with Gasteiger partial charge in [-0.1, -0.05) is 15.9 Å². The lowest BCUT2D eigenvalue weighted by atomic mass is 10.0. The number of nitro benzene ring substituents is 1. The van der Waals surface area contributed by atoms with Gasteiger partial charge < -0.3 is 10.8 Å². The molecule has 0 aliphatic heterocycles. The Morgan fingerprint density at radius 2 is 2.16 bits per heavy atom. The van der Waals surface area contributed by atoms with Crippen LogP contribution < -0.4 is 5.73 Å². The van der Waals surface area contributed by atoms with Gasteiger partial charge in [-0.15, -0.1) is 12.4 Å². The van der Waals surface area contributed by atoms with E-state index in [9.17, 15) is 15.2 Å². The standard InChI is InChI=1S/C11H9BrN2O3S.ClH/c12-7-3-8(10(13)6-1-2-18-5-6)11(15)9(4-7)14(16)17;/h1-5,10,15H,13H2;1H/t10-;/m1./s1. The van der Waals surface area contributed by atoms with E-state index in [1.54, 1.807) is 6.07 Å². The number of halogens is 2. The van der Waals surface area contributed by atoms with Crippen LogP contribution in [0.25, 0.3) is 0 Å². The molecule has 0 amide bonds. The summed E-state index contributed by atoms with van der Waals surface area (Å²) in [5.41, 5.74) is 6.78. The highest BCUT2D eigenvalue weighted by Crippen LogP contribution is 2.38. The van der Waals surface area contributed by atoms with Gasteiger partial charge in [-0.2, -0.15) is 11.3 Å². The van der Waals surface area contributed by atoms with Gasteiger partial charge in [0.2, 0.25) is 0 Å². The number of nitrogens with zero attached hydrogens (tertiary/aromatic N) is 1. The van der Waals surface area contributed by atoms with Crippen molar-refractivity contribution in [1.29, 1.82) is 0 Å². The maximum atomic E-state index is 10.8. The molecule has 1 aromatic heterocycles. The average molecular weight is 366 g/mol. The zero-order valence-corrected chi connectivity index (χ0v) is 12.7. The number of nitro groups is 1. The second-order valence-corrected chi connectivity index (χ2v) is 5.35. The molecular formula is C11H10BrClN2O3S. The highest BCUT2D eigenvalue weighted by Gasteiger charge is 2.23. The zero-order valence-electron chi connectivity index (χ0n) is 9.45. The molecular weight excluding hydrogens is 356 g/mol. The molecule has 0 spiro atoms. The van der Waals surface area contributed by atoms with Crippen LogP contribution in [0.4, 0.5) is 5.69 Å². The Hall–Kier alpha value is -1.15. The molecule has 0 radical (unpaired) electrons. The highest BCUT2D eigenvalue weighted by molar-refractivity contribution is 9.10. The first-order valence-electron chi connectivity index (χ1n) is 4.95. The summed E-state index contributed by atoms with van der Waals surface area (Å²) in [5, 5.41) is 24.4. The molecule has 102 valence electrons. The number of phenols is 1. The molecule has 2 aromatic rings. The molecule has 1 aromatic carbocycles. The SMILES string of the molecule is Cl.N[C@H](c1ccsc1)c1cc(Br)cc([N+](=O)[O-])c1O. The second-order valence-electron chi connectivity index (χ2n) is 3.65. The van der Waals surface area contributed by atoms with Crippen molar-refractivity contribution < 1.29 is 10.0 Å². The summed E-state index contributed by atoms with van der Waals surface area (Å²) in [6, 6.07) is 4.07. The van der Waals surface area contributed by atoms with Crippen LogP contribution in [-0.4, -0.2) is 10.0 Å². The minimum absolute atomic E-state index is 0. The fraction of sp³-hybridized carbons (Fsp3) is 0.0909. The quantitative estimate of drug-likeness (QED) is 0.642. The van der Waals surface area contributed by atoms with Crippen LogP contribution in [0.3, 0.4) is 0 Å². The van der Waals surface area contributed by atoms with Crippen molar-refractivity contribution in [3.63, 3.8) is 0 Å². The number of hydrogen-bond acceptors (Lipinski definition) is 5. The monoisotopic (exact) mass is 364 g/mol. The van der Waals surface area contributed by atoms with Crippen molar-refractivity contribution in [3.8, 4) is 5.75 Å². The van der Waals surface area contributed by atoms with E-state index in [0.29, 0.717) is 10.0 Å². The van der Waals surface area contributed by atoms with Gasteiger partial charge in [0.1, 0.15) is 0 Å². The largest absolute Gasteiger partial charge is 0.502 e. The van der Waals surface area contributed by atoms with Crippen LogP contribution in [-0.2, 0) is 0 Å². The van der Waals surface area contributed by atoms with E-state index in [1.807, 2.05) is 16.8 Å². The topological polar surface area (TPSA) is 89.4 Å². The summed E-state index contributed by atoms with van der Waals surface area (Å²) in [4.78, 5) is 10.2. The average Bonchev–Trinajstić information content (AvgIpc) is 2.84. The Labute approximate surface area is 127 Å². The van der Waals surface area contributed by atoms with E-state index < -0.39 is 11.0 Å². The Kier molecular flexibility index (Phi) is 5.30. The van der Waals surface area contributed by atoms with Gasteiger partial charge >= 0.3 is 5.69 Å². The van der Waals surface area contributed by atoms with Gasteiger partial charge in [0.25, 0.3) is 0 Å². The molecule has 0 aliphatic rings. The summed E-state index contributed by atoms with van der Waals surface area (Å²) < 4.78 is 0.507. The minimum Gasteiger partial charge on any atom is -0.502 e. The molecule has 0 aliphatic carbocycles. The Balaban J connectivity index is 0.00000180. The molecule has 5 nitrogen and oxygen atoms in total. The van der Waals surface area contributed by atoms with Crippen LogP contribution in [0.1, 0.15) is 17.2 Å². The predicted molar refractivity (Wildman–Crippen MR) is 80.1 cm³/mol. The normalized spacial score (nSPS) is 11.7. The summed E-state index contributed by atoms with van der Waals surface area (Å²) in [6.07, 6.45) is 0. The van der Waals surface area contributed by atoms with Crippen LogP contribution in [0.15, 0.2) is 33.4 Å². The number of phenolic OH excluding ortho intramolecular Hbond substituents is 1. The lowest BCUT2D eigenvalue weighted by Gasteiger charge is -2.13. The van der Waals surface area contributed by atoms with Crippen molar-refractivity contribution in [1.82, 2.24) is 0 Å². The fourth-order valence-corrected chi connectivity index (χ4v) is 2.77. The molecule has 0 saturated carbocycles. The first-order chi connectivity index (χ1) is 8.50. The number of thiophene rings is 1. The van der Waals surface area contributed by atoms with Gasteiger partial charge in [0, 0.05) is 16.1 Å². The summed E-state index contributed by atoms with van der Waals surface area (Å²) >= 11 is 4.65. The third-order valence-electron chi connectivity index (χ3n) is 2.52. The smallest absolute Gasteiger partial charge is 0.312 e.